The van der Waals surface area contributed by atoms with Gasteiger partial charge in [0.1, 0.15) is 0 Å². The molecule has 4 N–H and O–H groups in total. The smallest absolute Gasteiger partial charge is 0.264 e. The van der Waals surface area contributed by atoms with Crippen LogP contribution in [0, 0.1) is 0 Å². The predicted octanol–water partition coefficient (Wildman–Crippen LogP) is 0.462. The molecule has 1 aromatic heterocycles. The Labute approximate surface area is 122 Å². The molecule has 0 fully saturated rings. The van der Waals surface area contributed by atoms with Crippen molar-refractivity contribution in [3.05, 3.63) is 52.3 Å². The molecule has 0 radical (unpaired) electrons. The molecule has 0 saturated heterocycles. The van der Waals surface area contributed by atoms with Crippen molar-refractivity contribution in [3.8, 4) is 0 Å². The maximum absolute atomic E-state index is 12.1. The van der Waals surface area contributed by atoms with E-state index in [1.54, 1.807) is 12.1 Å². The quantitative estimate of drug-likeness (QED) is 0.716. The van der Waals surface area contributed by atoms with Crippen LogP contribution in [0.3, 0.4) is 0 Å². The average Bonchev–Trinajstić information content (AvgIpc) is 2.48. The van der Waals surface area contributed by atoms with E-state index in [1.165, 1.54) is 24.3 Å². The zero-order valence-corrected chi connectivity index (χ0v) is 12.1. The Bertz CT molecular complexity index is 733. The maximum atomic E-state index is 12.1. The van der Waals surface area contributed by atoms with Crippen LogP contribution in [-0.2, 0) is 16.4 Å². The number of hydrogen-bond acceptors (Lipinski definition) is 5. The van der Waals surface area contributed by atoms with Gasteiger partial charge in [-0.25, -0.2) is 13.5 Å². The van der Waals surface area contributed by atoms with Gasteiger partial charge in [-0.15, -0.1) is 0 Å². The molecule has 2 rings (SSSR count). The monoisotopic (exact) mass is 308 g/mol. The summed E-state index contributed by atoms with van der Waals surface area (Å²) in [5.41, 5.74) is 6.06. The van der Waals surface area contributed by atoms with E-state index in [-0.39, 0.29) is 10.7 Å². The summed E-state index contributed by atoms with van der Waals surface area (Å²) in [4.78, 5) is 11.0. The highest BCUT2D eigenvalue weighted by molar-refractivity contribution is 7.92. The lowest BCUT2D eigenvalue weighted by atomic mass is 10.1. The Morgan fingerprint density at radius 2 is 1.86 bits per heavy atom. The van der Waals surface area contributed by atoms with Crippen LogP contribution < -0.4 is 16.0 Å². The lowest BCUT2D eigenvalue weighted by Gasteiger charge is -2.07. The van der Waals surface area contributed by atoms with Crippen LogP contribution in [0.15, 0.2) is 46.1 Å². The molecule has 7 nitrogen and oxygen atoms in total. The summed E-state index contributed by atoms with van der Waals surface area (Å²) in [7, 11) is -3.72. The van der Waals surface area contributed by atoms with Crippen molar-refractivity contribution in [2.45, 2.75) is 17.7 Å². The molecule has 8 heteroatoms. The summed E-state index contributed by atoms with van der Waals surface area (Å²) in [6, 6.07) is 9.06. The Morgan fingerprint density at radius 3 is 2.43 bits per heavy atom. The minimum atomic E-state index is -3.72. The van der Waals surface area contributed by atoms with Gasteiger partial charge in [0.25, 0.3) is 15.6 Å². The zero-order valence-electron chi connectivity index (χ0n) is 11.2. The Kier molecular flexibility index (Phi) is 4.71. The van der Waals surface area contributed by atoms with Crippen molar-refractivity contribution in [2.24, 2.45) is 5.73 Å². The van der Waals surface area contributed by atoms with Gasteiger partial charge in [-0.2, -0.15) is 5.10 Å². The molecule has 0 unspecified atom stereocenters. The first-order valence-electron chi connectivity index (χ1n) is 6.39. The fraction of sp³-hybridized carbons (Fsp3) is 0.231. The highest BCUT2D eigenvalue weighted by atomic mass is 32.2. The van der Waals surface area contributed by atoms with Gasteiger partial charge < -0.3 is 5.73 Å². The van der Waals surface area contributed by atoms with Crippen molar-refractivity contribution < 1.29 is 8.42 Å². The number of nitrogens with zero attached hydrogens (tertiary/aromatic N) is 1. The number of nitrogens with two attached hydrogens (primary N) is 1. The number of sulfonamides is 1. The lowest BCUT2D eigenvalue weighted by Crippen LogP contribution is -2.16. The molecule has 0 aliphatic heterocycles. The van der Waals surface area contributed by atoms with Gasteiger partial charge in [0, 0.05) is 6.07 Å². The fourth-order valence-electron chi connectivity index (χ4n) is 1.74. The van der Waals surface area contributed by atoms with Crippen LogP contribution in [0.25, 0.3) is 0 Å². The van der Waals surface area contributed by atoms with Crippen LogP contribution in [0.5, 0.6) is 0 Å². The van der Waals surface area contributed by atoms with Crippen molar-refractivity contribution in [2.75, 3.05) is 11.3 Å². The molecule has 0 saturated carbocycles. The van der Waals surface area contributed by atoms with E-state index in [0.717, 1.165) is 18.4 Å². The number of benzene rings is 1. The van der Waals surface area contributed by atoms with E-state index in [9.17, 15) is 13.2 Å². The highest BCUT2D eigenvalue weighted by Gasteiger charge is 2.14. The van der Waals surface area contributed by atoms with Crippen molar-refractivity contribution in [1.29, 1.82) is 0 Å². The summed E-state index contributed by atoms with van der Waals surface area (Å²) in [6.07, 6.45) is 1.66. The Balaban J connectivity index is 2.15. The molecule has 0 amide bonds. The molecule has 0 aliphatic rings. The maximum Gasteiger partial charge on any atom is 0.264 e. The molecule has 0 atom stereocenters. The third-order valence-corrected chi connectivity index (χ3v) is 4.19. The van der Waals surface area contributed by atoms with E-state index in [2.05, 4.69) is 14.9 Å². The second-order valence-electron chi connectivity index (χ2n) is 4.45. The number of aryl methyl sites for hydroxylation is 1. The molecular weight excluding hydrogens is 292 g/mol. The van der Waals surface area contributed by atoms with Crippen LogP contribution in [0.1, 0.15) is 12.0 Å². The lowest BCUT2D eigenvalue weighted by molar-refractivity contribution is 0.601. The van der Waals surface area contributed by atoms with E-state index in [4.69, 9.17) is 5.73 Å². The van der Waals surface area contributed by atoms with Crippen molar-refractivity contribution in [3.63, 3.8) is 0 Å². The van der Waals surface area contributed by atoms with Crippen molar-refractivity contribution >= 4 is 15.8 Å². The zero-order chi connectivity index (χ0) is 15.3. The van der Waals surface area contributed by atoms with Crippen LogP contribution in [-0.4, -0.2) is 25.2 Å². The number of aromatic nitrogens is 2. The van der Waals surface area contributed by atoms with Crippen LogP contribution in [0.4, 0.5) is 5.82 Å². The third kappa shape index (κ3) is 4.14. The molecule has 112 valence electrons. The number of nitrogens with one attached hydrogen (secondary N) is 2. The van der Waals surface area contributed by atoms with Gasteiger partial charge in [0.15, 0.2) is 5.82 Å². The van der Waals surface area contributed by atoms with Gasteiger partial charge in [-0.3, -0.25) is 9.52 Å². The number of aromatic amines is 1. The van der Waals surface area contributed by atoms with E-state index < -0.39 is 15.6 Å². The number of hydrogen-bond donors (Lipinski definition) is 3. The molecule has 2 aromatic rings. The minimum absolute atomic E-state index is 0.0572. The molecule has 1 aromatic carbocycles. The van der Waals surface area contributed by atoms with Gasteiger partial charge in [0.2, 0.25) is 0 Å². The van der Waals surface area contributed by atoms with E-state index in [0.29, 0.717) is 6.54 Å². The largest absolute Gasteiger partial charge is 0.330 e. The normalized spacial score (nSPS) is 11.3. The standard InChI is InChI=1S/C13H16N4O3S/c14-9-1-2-10-3-5-11(6-4-10)21(19,20)17-12-7-8-13(18)16-15-12/h3-8H,1-2,9,14H2,(H,15,17)(H,16,18). The van der Waals surface area contributed by atoms with Gasteiger partial charge in [-0.1, -0.05) is 12.1 Å². The second-order valence-corrected chi connectivity index (χ2v) is 6.13. The summed E-state index contributed by atoms with van der Waals surface area (Å²) in [5, 5.41) is 5.77. The molecule has 0 bridgehead atoms. The summed E-state index contributed by atoms with van der Waals surface area (Å²) in [6.45, 7) is 0.597. The SMILES string of the molecule is NCCCc1ccc(S(=O)(=O)Nc2ccc(=O)[nH]n2)cc1. The van der Waals surface area contributed by atoms with E-state index >= 15 is 0 Å². The molecule has 0 aliphatic carbocycles. The second kappa shape index (κ2) is 6.51. The topological polar surface area (TPSA) is 118 Å². The first kappa shape index (κ1) is 15.2. The highest BCUT2D eigenvalue weighted by Crippen LogP contribution is 2.14. The summed E-state index contributed by atoms with van der Waals surface area (Å²) < 4.78 is 26.6. The molecule has 21 heavy (non-hydrogen) atoms. The van der Waals surface area contributed by atoms with Crippen molar-refractivity contribution in [1.82, 2.24) is 10.2 Å². The van der Waals surface area contributed by atoms with Crippen LogP contribution in [0.2, 0.25) is 0 Å². The minimum Gasteiger partial charge on any atom is -0.330 e. The number of rotatable bonds is 6. The van der Waals surface area contributed by atoms with Gasteiger partial charge in [-0.05, 0) is 43.1 Å². The third-order valence-electron chi connectivity index (χ3n) is 2.82. The molecule has 1 heterocycles. The Morgan fingerprint density at radius 1 is 1.14 bits per heavy atom. The fourth-order valence-corrected chi connectivity index (χ4v) is 2.74. The summed E-state index contributed by atoms with van der Waals surface area (Å²) >= 11 is 0. The van der Waals surface area contributed by atoms with Gasteiger partial charge >= 0.3 is 0 Å². The molecular formula is C13H16N4O3S. The molecule has 0 spiro atoms. The Hall–Kier alpha value is -2.19. The number of H-pyrrole nitrogens is 1. The summed E-state index contributed by atoms with van der Waals surface area (Å²) in [5.74, 6) is 0.0572. The predicted molar refractivity (Wildman–Crippen MR) is 79.5 cm³/mol. The van der Waals surface area contributed by atoms with E-state index in [1.807, 2.05) is 0 Å². The average molecular weight is 308 g/mol. The van der Waals surface area contributed by atoms with Crippen LogP contribution >= 0.6 is 0 Å². The van der Waals surface area contributed by atoms with Gasteiger partial charge in [0.05, 0.1) is 4.90 Å². The first-order valence-corrected chi connectivity index (χ1v) is 7.87. The number of anilines is 1. The first-order chi connectivity index (χ1) is 10.0.